The first kappa shape index (κ1) is 15.2. The summed E-state index contributed by atoms with van der Waals surface area (Å²) < 4.78 is 5.78. The van der Waals surface area contributed by atoms with Crippen LogP contribution in [0.15, 0.2) is 12.1 Å². The van der Waals surface area contributed by atoms with Crippen molar-refractivity contribution in [1.29, 1.82) is 0 Å². The molecular formula is C11H13Cl4NO. The minimum atomic E-state index is 0. The van der Waals surface area contributed by atoms with Gasteiger partial charge in [0.05, 0.1) is 15.1 Å². The molecule has 1 unspecified atom stereocenters. The lowest BCUT2D eigenvalue weighted by atomic mass is 10.1. The predicted molar refractivity (Wildman–Crippen MR) is 75.2 cm³/mol. The summed E-state index contributed by atoms with van der Waals surface area (Å²) in [6, 6.07) is 3.28. The van der Waals surface area contributed by atoms with Crippen LogP contribution in [-0.4, -0.2) is 19.2 Å². The Morgan fingerprint density at radius 3 is 2.47 bits per heavy atom. The van der Waals surface area contributed by atoms with E-state index in [1.165, 1.54) is 0 Å². The van der Waals surface area contributed by atoms with Crippen LogP contribution in [0.5, 0.6) is 5.75 Å². The normalized spacial score (nSPS) is 19.6. The van der Waals surface area contributed by atoms with Crippen LogP contribution in [0.25, 0.3) is 0 Å². The summed E-state index contributed by atoms with van der Waals surface area (Å²) in [4.78, 5) is 0. The maximum atomic E-state index is 6.03. The van der Waals surface area contributed by atoms with Gasteiger partial charge in [0, 0.05) is 12.6 Å². The number of rotatable bonds is 2. The van der Waals surface area contributed by atoms with Gasteiger partial charge in [-0.3, -0.25) is 0 Å². The fourth-order valence-electron chi connectivity index (χ4n) is 1.69. The Morgan fingerprint density at radius 1 is 1.12 bits per heavy atom. The van der Waals surface area contributed by atoms with Gasteiger partial charge in [-0.05, 0) is 25.5 Å². The second kappa shape index (κ2) is 6.91. The van der Waals surface area contributed by atoms with Gasteiger partial charge in [-0.2, -0.15) is 0 Å². The highest BCUT2D eigenvalue weighted by molar-refractivity contribution is 6.43. The third-order valence-electron chi connectivity index (χ3n) is 2.52. The highest BCUT2D eigenvalue weighted by Crippen LogP contribution is 2.34. The second-order valence-corrected chi connectivity index (χ2v) is 5.00. The van der Waals surface area contributed by atoms with E-state index in [0.29, 0.717) is 20.8 Å². The summed E-state index contributed by atoms with van der Waals surface area (Å²) in [6.45, 7) is 1.89. The van der Waals surface area contributed by atoms with Gasteiger partial charge < -0.3 is 10.1 Å². The Morgan fingerprint density at radius 2 is 1.82 bits per heavy atom. The van der Waals surface area contributed by atoms with Crippen molar-refractivity contribution in [2.45, 2.75) is 18.9 Å². The monoisotopic (exact) mass is 315 g/mol. The maximum absolute atomic E-state index is 6.03. The van der Waals surface area contributed by atoms with E-state index in [0.717, 1.165) is 25.9 Å². The average molecular weight is 317 g/mol. The van der Waals surface area contributed by atoms with Crippen LogP contribution in [0.3, 0.4) is 0 Å². The number of nitrogens with one attached hydrogen (secondary N) is 1. The number of piperidine rings is 1. The molecule has 17 heavy (non-hydrogen) atoms. The van der Waals surface area contributed by atoms with E-state index in [2.05, 4.69) is 5.32 Å². The minimum Gasteiger partial charge on any atom is -0.487 e. The first-order chi connectivity index (χ1) is 7.66. The van der Waals surface area contributed by atoms with Crippen LogP contribution in [0.1, 0.15) is 12.8 Å². The molecule has 0 bridgehead atoms. The van der Waals surface area contributed by atoms with Crippen LogP contribution in [0.4, 0.5) is 0 Å². The molecule has 2 nitrogen and oxygen atoms in total. The highest BCUT2D eigenvalue weighted by atomic mass is 35.5. The molecule has 1 saturated heterocycles. The maximum Gasteiger partial charge on any atom is 0.139 e. The molecule has 0 amide bonds. The summed E-state index contributed by atoms with van der Waals surface area (Å²) in [5.41, 5.74) is 0. The van der Waals surface area contributed by atoms with Crippen molar-refractivity contribution >= 4 is 47.2 Å². The zero-order chi connectivity index (χ0) is 11.5. The van der Waals surface area contributed by atoms with E-state index in [-0.39, 0.29) is 18.5 Å². The van der Waals surface area contributed by atoms with Crippen LogP contribution in [0, 0.1) is 0 Å². The Bertz CT molecular complexity index is 380. The van der Waals surface area contributed by atoms with E-state index in [1.807, 2.05) is 0 Å². The van der Waals surface area contributed by atoms with Crippen molar-refractivity contribution in [3.63, 3.8) is 0 Å². The van der Waals surface area contributed by atoms with Gasteiger partial charge in [0.1, 0.15) is 11.9 Å². The molecule has 6 heteroatoms. The summed E-state index contributed by atoms with van der Waals surface area (Å²) >= 11 is 17.8. The molecule has 0 spiro atoms. The van der Waals surface area contributed by atoms with Crippen molar-refractivity contribution in [1.82, 2.24) is 5.32 Å². The first-order valence-electron chi connectivity index (χ1n) is 5.19. The lowest BCUT2D eigenvalue weighted by Gasteiger charge is -2.24. The van der Waals surface area contributed by atoms with E-state index >= 15 is 0 Å². The van der Waals surface area contributed by atoms with E-state index in [9.17, 15) is 0 Å². The van der Waals surface area contributed by atoms with Crippen LogP contribution < -0.4 is 10.1 Å². The Labute approximate surface area is 122 Å². The second-order valence-electron chi connectivity index (χ2n) is 3.78. The molecule has 0 radical (unpaired) electrons. The van der Waals surface area contributed by atoms with Crippen LogP contribution in [0.2, 0.25) is 15.1 Å². The van der Waals surface area contributed by atoms with Gasteiger partial charge in [0.2, 0.25) is 0 Å². The fraction of sp³-hybridized carbons (Fsp3) is 0.455. The molecule has 1 N–H and O–H groups in total. The molecule has 0 aromatic heterocycles. The third-order valence-corrected chi connectivity index (χ3v) is 3.54. The third kappa shape index (κ3) is 4.08. The Hall–Kier alpha value is 0.140. The molecule has 1 aliphatic heterocycles. The molecule has 0 aliphatic carbocycles. The Kier molecular flexibility index (Phi) is 6.18. The molecule has 0 saturated carbocycles. The molecular weight excluding hydrogens is 304 g/mol. The van der Waals surface area contributed by atoms with Crippen molar-refractivity contribution in [3.8, 4) is 5.75 Å². The SMILES string of the molecule is Cl.Clc1cc(Cl)c(OC2CCCNC2)cc1Cl. The summed E-state index contributed by atoms with van der Waals surface area (Å²) in [5, 5.41) is 4.68. The van der Waals surface area contributed by atoms with Gasteiger partial charge in [0.25, 0.3) is 0 Å². The van der Waals surface area contributed by atoms with Crippen molar-refractivity contribution in [3.05, 3.63) is 27.2 Å². The molecule has 1 fully saturated rings. The Balaban J connectivity index is 0.00000144. The van der Waals surface area contributed by atoms with Gasteiger partial charge in [-0.15, -0.1) is 12.4 Å². The summed E-state index contributed by atoms with van der Waals surface area (Å²) in [7, 11) is 0. The van der Waals surface area contributed by atoms with Gasteiger partial charge in [-0.1, -0.05) is 34.8 Å². The quantitative estimate of drug-likeness (QED) is 0.826. The number of ether oxygens (including phenoxy) is 1. The number of hydrogen-bond acceptors (Lipinski definition) is 2. The van der Waals surface area contributed by atoms with Crippen molar-refractivity contribution in [2.75, 3.05) is 13.1 Å². The standard InChI is InChI=1S/C11H12Cl3NO.ClH/c12-8-4-10(14)11(5-9(8)13)16-7-2-1-3-15-6-7;/h4-5,7,15H,1-3,6H2;1H. The molecule has 1 aromatic rings. The van der Waals surface area contributed by atoms with Crippen LogP contribution >= 0.6 is 47.2 Å². The molecule has 1 aliphatic rings. The minimum absolute atomic E-state index is 0. The predicted octanol–water partition coefficient (Wildman–Crippen LogP) is 4.20. The molecule has 1 atom stereocenters. The van der Waals surface area contributed by atoms with Crippen molar-refractivity contribution in [2.24, 2.45) is 0 Å². The van der Waals surface area contributed by atoms with Crippen molar-refractivity contribution < 1.29 is 4.74 Å². The van der Waals surface area contributed by atoms with Gasteiger partial charge >= 0.3 is 0 Å². The number of benzene rings is 1. The summed E-state index contributed by atoms with van der Waals surface area (Å²) in [5.74, 6) is 0.602. The zero-order valence-electron chi connectivity index (χ0n) is 9.01. The molecule has 96 valence electrons. The highest BCUT2D eigenvalue weighted by Gasteiger charge is 2.16. The largest absolute Gasteiger partial charge is 0.487 e. The number of halogens is 4. The van der Waals surface area contributed by atoms with E-state index in [4.69, 9.17) is 39.5 Å². The zero-order valence-corrected chi connectivity index (χ0v) is 12.1. The molecule has 1 aromatic carbocycles. The summed E-state index contributed by atoms with van der Waals surface area (Å²) in [6.07, 6.45) is 2.30. The average Bonchev–Trinajstić information content (AvgIpc) is 2.27. The fourth-order valence-corrected chi connectivity index (χ4v) is 2.28. The lowest BCUT2D eigenvalue weighted by Crippen LogP contribution is -2.37. The molecule has 1 heterocycles. The smallest absolute Gasteiger partial charge is 0.139 e. The van der Waals surface area contributed by atoms with E-state index < -0.39 is 0 Å². The topological polar surface area (TPSA) is 21.3 Å². The first-order valence-corrected chi connectivity index (χ1v) is 6.32. The van der Waals surface area contributed by atoms with E-state index in [1.54, 1.807) is 12.1 Å². The van der Waals surface area contributed by atoms with Gasteiger partial charge in [0.15, 0.2) is 0 Å². The number of hydrogen-bond donors (Lipinski definition) is 1. The van der Waals surface area contributed by atoms with Gasteiger partial charge in [-0.25, -0.2) is 0 Å². The molecule has 2 rings (SSSR count). The lowest BCUT2D eigenvalue weighted by molar-refractivity contribution is 0.167. The van der Waals surface area contributed by atoms with Crippen LogP contribution in [-0.2, 0) is 0 Å².